The first-order chi connectivity index (χ1) is 12.8. The Balaban J connectivity index is 1.79. The van der Waals surface area contributed by atoms with Gasteiger partial charge in [0.1, 0.15) is 0 Å². The first-order valence-corrected chi connectivity index (χ1v) is 8.92. The van der Waals surface area contributed by atoms with E-state index in [2.05, 4.69) is 10.2 Å². The number of hydrogen-bond donors (Lipinski definition) is 0. The average molecular weight is 427 g/mol. The van der Waals surface area contributed by atoms with Crippen molar-refractivity contribution >= 4 is 46.3 Å². The Morgan fingerprint density at radius 2 is 1.67 bits per heavy atom. The highest BCUT2D eigenvalue weighted by molar-refractivity contribution is 7.98. The van der Waals surface area contributed by atoms with Gasteiger partial charge in [-0.25, -0.2) is 0 Å². The Hall–Kier alpha value is -2.69. The molecular weight excluding hydrogens is 419 g/mol. The zero-order valence-electron chi connectivity index (χ0n) is 13.2. The van der Waals surface area contributed by atoms with Crippen molar-refractivity contribution in [2.24, 2.45) is 0 Å². The summed E-state index contributed by atoms with van der Waals surface area (Å²) in [5.74, 6) is 0.350. The van der Waals surface area contributed by atoms with Crippen LogP contribution in [0.4, 0.5) is 11.4 Å². The largest absolute Gasteiger partial charge is 0.411 e. The normalized spacial score (nSPS) is 10.7. The quantitative estimate of drug-likeness (QED) is 0.300. The number of halogens is 2. The minimum Gasteiger partial charge on any atom is -0.411 e. The van der Waals surface area contributed by atoms with E-state index < -0.39 is 9.85 Å². The summed E-state index contributed by atoms with van der Waals surface area (Å²) in [7, 11) is 0. The van der Waals surface area contributed by atoms with E-state index in [9.17, 15) is 20.2 Å². The molecule has 3 rings (SSSR count). The topological polar surface area (TPSA) is 125 Å². The van der Waals surface area contributed by atoms with Gasteiger partial charge in [0.05, 0.1) is 26.5 Å². The van der Waals surface area contributed by atoms with Crippen LogP contribution in [-0.2, 0) is 5.75 Å². The first kappa shape index (κ1) is 19.1. The highest BCUT2D eigenvalue weighted by Crippen LogP contribution is 2.32. The third kappa shape index (κ3) is 4.54. The molecule has 0 atom stereocenters. The van der Waals surface area contributed by atoms with Crippen molar-refractivity contribution in [1.82, 2.24) is 10.2 Å². The fourth-order valence-electron chi connectivity index (χ4n) is 2.14. The lowest BCUT2D eigenvalue weighted by atomic mass is 10.2. The van der Waals surface area contributed by atoms with Crippen LogP contribution in [0, 0.1) is 20.2 Å². The summed E-state index contributed by atoms with van der Waals surface area (Å²) in [6, 6.07) is 8.22. The highest BCUT2D eigenvalue weighted by atomic mass is 35.5. The van der Waals surface area contributed by atoms with Crippen molar-refractivity contribution in [3.8, 4) is 11.5 Å². The Morgan fingerprint density at radius 1 is 1.00 bits per heavy atom. The van der Waals surface area contributed by atoms with Crippen molar-refractivity contribution in [2.75, 3.05) is 0 Å². The molecule has 138 valence electrons. The van der Waals surface area contributed by atoms with E-state index in [-0.39, 0.29) is 28.2 Å². The molecule has 0 bridgehead atoms. The van der Waals surface area contributed by atoms with Gasteiger partial charge in [-0.1, -0.05) is 35.0 Å². The van der Waals surface area contributed by atoms with Crippen molar-refractivity contribution in [3.63, 3.8) is 0 Å². The van der Waals surface area contributed by atoms with Gasteiger partial charge in [0, 0.05) is 22.9 Å². The summed E-state index contributed by atoms with van der Waals surface area (Å²) in [6.45, 7) is 0. The molecule has 3 aromatic rings. The number of nitro groups is 2. The lowest BCUT2D eigenvalue weighted by Gasteiger charge is -2.00. The predicted molar refractivity (Wildman–Crippen MR) is 99.1 cm³/mol. The Bertz CT molecular complexity index is 1010. The third-order valence-corrected chi connectivity index (χ3v) is 4.75. The summed E-state index contributed by atoms with van der Waals surface area (Å²) < 4.78 is 5.51. The molecule has 0 spiro atoms. The molecule has 0 saturated heterocycles. The molecule has 0 N–H and O–H groups in total. The second kappa shape index (κ2) is 7.91. The monoisotopic (exact) mass is 426 g/mol. The second-order valence-electron chi connectivity index (χ2n) is 5.16. The van der Waals surface area contributed by atoms with Crippen LogP contribution in [0.15, 0.2) is 46.0 Å². The molecule has 1 heterocycles. The van der Waals surface area contributed by atoms with Gasteiger partial charge in [0.15, 0.2) is 0 Å². The van der Waals surface area contributed by atoms with Crippen molar-refractivity contribution in [3.05, 3.63) is 72.2 Å². The number of aromatic nitrogens is 2. The summed E-state index contributed by atoms with van der Waals surface area (Å²) in [6.07, 6.45) is 0. The maximum atomic E-state index is 10.9. The fourth-order valence-corrected chi connectivity index (χ4v) is 3.32. The molecule has 0 unspecified atom stereocenters. The van der Waals surface area contributed by atoms with Crippen molar-refractivity contribution in [1.29, 1.82) is 0 Å². The summed E-state index contributed by atoms with van der Waals surface area (Å²) in [5.41, 5.74) is 0.162. The third-order valence-electron chi connectivity index (χ3n) is 3.31. The van der Waals surface area contributed by atoms with Crippen molar-refractivity contribution < 1.29 is 14.3 Å². The Labute approximate surface area is 165 Å². The number of nitrogens with zero attached hydrogens (tertiary/aromatic N) is 4. The van der Waals surface area contributed by atoms with Crippen LogP contribution in [0.3, 0.4) is 0 Å². The minimum absolute atomic E-state index is 0.165. The van der Waals surface area contributed by atoms with Crippen LogP contribution in [0.2, 0.25) is 10.0 Å². The molecule has 0 fully saturated rings. The maximum Gasteiger partial charge on any atom is 0.277 e. The van der Waals surface area contributed by atoms with E-state index in [4.69, 9.17) is 27.6 Å². The van der Waals surface area contributed by atoms with E-state index in [0.717, 1.165) is 17.8 Å². The molecule has 0 radical (unpaired) electrons. The number of benzene rings is 2. The van der Waals surface area contributed by atoms with Crippen LogP contribution in [0.5, 0.6) is 0 Å². The Morgan fingerprint density at radius 3 is 2.26 bits per heavy atom. The number of hydrogen-bond acceptors (Lipinski definition) is 8. The second-order valence-corrected chi connectivity index (χ2v) is 6.93. The average Bonchev–Trinajstić information content (AvgIpc) is 3.08. The van der Waals surface area contributed by atoms with E-state index in [0.29, 0.717) is 21.2 Å². The first-order valence-electron chi connectivity index (χ1n) is 7.18. The smallest absolute Gasteiger partial charge is 0.277 e. The summed E-state index contributed by atoms with van der Waals surface area (Å²) >= 11 is 13.0. The molecule has 0 saturated carbocycles. The molecule has 0 aliphatic carbocycles. The lowest BCUT2D eigenvalue weighted by Crippen LogP contribution is -1.95. The molecule has 1 aromatic heterocycles. The number of nitro benzene ring substituents is 2. The zero-order chi connectivity index (χ0) is 19.6. The van der Waals surface area contributed by atoms with Gasteiger partial charge in [-0.2, -0.15) is 0 Å². The molecule has 27 heavy (non-hydrogen) atoms. The lowest BCUT2D eigenvalue weighted by molar-refractivity contribution is -0.394. The van der Waals surface area contributed by atoms with Gasteiger partial charge in [0.2, 0.25) is 5.89 Å². The van der Waals surface area contributed by atoms with E-state index in [1.165, 1.54) is 18.2 Å². The molecule has 0 aliphatic heterocycles. The van der Waals surface area contributed by atoms with E-state index in [1.54, 1.807) is 12.1 Å². The SMILES string of the molecule is O=[N+]([O-])c1cc(CSc2nnc(-c3ccc(Cl)cc3Cl)o2)cc([N+](=O)[O-])c1. The predicted octanol–water partition coefficient (Wildman–Crippen LogP) is 5.15. The van der Waals surface area contributed by atoms with Gasteiger partial charge in [-0.05, 0) is 23.8 Å². The van der Waals surface area contributed by atoms with Crippen LogP contribution >= 0.6 is 35.0 Å². The van der Waals surface area contributed by atoms with Crippen molar-refractivity contribution in [2.45, 2.75) is 11.0 Å². The zero-order valence-corrected chi connectivity index (χ0v) is 15.5. The number of rotatable bonds is 6. The van der Waals surface area contributed by atoms with Gasteiger partial charge in [0.25, 0.3) is 16.6 Å². The molecule has 2 aromatic carbocycles. The van der Waals surface area contributed by atoms with Gasteiger partial charge in [-0.15, -0.1) is 10.2 Å². The van der Waals surface area contributed by atoms with Gasteiger partial charge < -0.3 is 4.42 Å². The standard InChI is InChI=1S/C15H8Cl2N4O5S/c16-9-1-2-12(13(17)5-9)14-18-19-15(26-14)27-7-8-3-10(20(22)23)6-11(4-8)21(24)25/h1-6H,7H2. The van der Waals surface area contributed by atoms with Crippen LogP contribution < -0.4 is 0 Å². The van der Waals surface area contributed by atoms with Crippen LogP contribution in [0.25, 0.3) is 11.5 Å². The van der Waals surface area contributed by atoms with Crippen LogP contribution in [0.1, 0.15) is 5.56 Å². The molecular formula is C15H8Cl2N4O5S. The van der Waals surface area contributed by atoms with E-state index >= 15 is 0 Å². The molecule has 0 amide bonds. The number of non-ortho nitro benzene ring substituents is 2. The molecule has 12 heteroatoms. The molecule has 9 nitrogen and oxygen atoms in total. The van der Waals surface area contributed by atoms with Gasteiger partial charge in [-0.3, -0.25) is 20.2 Å². The molecule has 0 aliphatic rings. The maximum absolute atomic E-state index is 10.9. The summed E-state index contributed by atoms with van der Waals surface area (Å²) in [5, 5.41) is 30.6. The van der Waals surface area contributed by atoms with Crippen LogP contribution in [-0.4, -0.2) is 20.0 Å². The Kier molecular flexibility index (Phi) is 5.59. The highest BCUT2D eigenvalue weighted by Gasteiger charge is 2.18. The minimum atomic E-state index is -0.686. The van der Waals surface area contributed by atoms with E-state index in [1.807, 2.05) is 0 Å². The summed E-state index contributed by atoms with van der Waals surface area (Å²) in [4.78, 5) is 20.5. The fraction of sp³-hybridized carbons (Fsp3) is 0.0667. The number of thioether (sulfide) groups is 1. The van der Waals surface area contributed by atoms with Gasteiger partial charge >= 0.3 is 0 Å².